The van der Waals surface area contributed by atoms with Crippen molar-refractivity contribution in [3.8, 4) is 12.3 Å². The number of nitrogens with zero attached hydrogens (tertiary/aromatic N) is 1. The molecule has 0 aromatic heterocycles. The second-order valence-electron chi connectivity index (χ2n) is 5.31. The zero-order valence-electron chi connectivity index (χ0n) is 11.5. The van der Waals surface area contributed by atoms with Crippen molar-refractivity contribution in [1.82, 2.24) is 4.90 Å². The van der Waals surface area contributed by atoms with Gasteiger partial charge in [0, 0.05) is 13.0 Å². The smallest absolute Gasteiger partial charge is 0.223 e. The maximum Gasteiger partial charge on any atom is 0.223 e. The van der Waals surface area contributed by atoms with Crippen molar-refractivity contribution in [2.45, 2.75) is 45.4 Å². The molecule has 1 saturated carbocycles. The van der Waals surface area contributed by atoms with Gasteiger partial charge in [-0.1, -0.05) is 19.3 Å². The van der Waals surface area contributed by atoms with Gasteiger partial charge < -0.3 is 10.6 Å². The van der Waals surface area contributed by atoms with Crippen molar-refractivity contribution in [2.24, 2.45) is 17.6 Å². The van der Waals surface area contributed by atoms with E-state index in [1.807, 2.05) is 4.90 Å². The largest absolute Gasteiger partial charge is 0.331 e. The van der Waals surface area contributed by atoms with Crippen molar-refractivity contribution in [3.05, 3.63) is 0 Å². The Kier molecular flexibility index (Phi) is 6.82. The predicted molar refractivity (Wildman–Crippen MR) is 74.8 cm³/mol. The first-order valence-electron chi connectivity index (χ1n) is 7.12. The van der Waals surface area contributed by atoms with Crippen LogP contribution in [-0.2, 0) is 4.79 Å². The maximum absolute atomic E-state index is 12.1. The number of amides is 1. The Hall–Kier alpha value is -1.01. The molecule has 0 spiro atoms. The third-order valence-electron chi connectivity index (χ3n) is 3.73. The molecule has 1 amide bonds. The highest BCUT2D eigenvalue weighted by atomic mass is 16.2. The van der Waals surface area contributed by atoms with Crippen LogP contribution in [0, 0.1) is 24.2 Å². The van der Waals surface area contributed by atoms with E-state index in [1.165, 1.54) is 12.8 Å². The van der Waals surface area contributed by atoms with Gasteiger partial charge in [-0.2, -0.15) is 0 Å². The molecule has 0 saturated heterocycles. The van der Waals surface area contributed by atoms with Crippen LogP contribution in [0.1, 0.15) is 45.4 Å². The van der Waals surface area contributed by atoms with Gasteiger partial charge in [-0.3, -0.25) is 4.79 Å². The van der Waals surface area contributed by atoms with Gasteiger partial charge in [-0.05, 0) is 44.1 Å². The van der Waals surface area contributed by atoms with Crippen molar-refractivity contribution >= 4 is 5.91 Å². The summed E-state index contributed by atoms with van der Waals surface area (Å²) in [4.78, 5) is 14.0. The first-order valence-corrected chi connectivity index (χ1v) is 7.12. The van der Waals surface area contributed by atoms with Crippen molar-refractivity contribution in [2.75, 3.05) is 19.6 Å². The van der Waals surface area contributed by atoms with E-state index in [2.05, 4.69) is 12.8 Å². The zero-order valence-corrected chi connectivity index (χ0v) is 11.5. The molecule has 0 aromatic carbocycles. The highest BCUT2D eigenvalue weighted by Gasteiger charge is 2.26. The second kappa shape index (κ2) is 8.16. The molecule has 3 nitrogen and oxygen atoms in total. The molecule has 1 fully saturated rings. The Morgan fingerprint density at radius 2 is 2.22 bits per heavy atom. The summed E-state index contributed by atoms with van der Waals surface area (Å²) in [5, 5.41) is 0. The van der Waals surface area contributed by atoms with Crippen LogP contribution in [0.4, 0.5) is 0 Å². The Balaban J connectivity index is 2.32. The lowest BCUT2D eigenvalue weighted by Gasteiger charge is -2.21. The Morgan fingerprint density at radius 3 is 2.72 bits per heavy atom. The lowest BCUT2D eigenvalue weighted by atomic mass is 9.96. The molecule has 1 rings (SSSR count). The SMILES string of the molecule is C#CCN(CC1CC1)C(=O)CCC(CC)CCN. The van der Waals surface area contributed by atoms with E-state index >= 15 is 0 Å². The van der Waals surface area contributed by atoms with Gasteiger partial charge in [0.15, 0.2) is 0 Å². The summed E-state index contributed by atoms with van der Waals surface area (Å²) in [5.41, 5.74) is 5.57. The topological polar surface area (TPSA) is 46.3 Å². The van der Waals surface area contributed by atoms with Gasteiger partial charge in [0.1, 0.15) is 0 Å². The van der Waals surface area contributed by atoms with Gasteiger partial charge >= 0.3 is 0 Å². The first-order chi connectivity index (χ1) is 8.71. The summed E-state index contributed by atoms with van der Waals surface area (Å²) in [7, 11) is 0. The minimum atomic E-state index is 0.218. The fourth-order valence-electron chi connectivity index (χ4n) is 2.25. The van der Waals surface area contributed by atoms with Gasteiger partial charge in [-0.15, -0.1) is 6.42 Å². The van der Waals surface area contributed by atoms with Crippen LogP contribution in [0.2, 0.25) is 0 Å². The van der Waals surface area contributed by atoms with Crippen LogP contribution >= 0.6 is 0 Å². The molecule has 1 aliphatic carbocycles. The molecule has 0 aromatic rings. The van der Waals surface area contributed by atoms with Crippen LogP contribution in [-0.4, -0.2) is 30.4 Å². The molecule has 0 bridgehead atoms. The molecule has 1 unspecified atom stereocenters. The first kappa shape index (κ1) is 15.0. The Bertz CT molecular complexity index is 291. The summed E-state index contributed by atoms with van der Waals surface area (Å²) in [6.45, 7) is 4.19. The number of carbonyl (C=O) groups is 1. The van der Waals surface area contributed by atoms with Crippen molar-refractivity contribution in [3.63, 3.8) is 0 Å². The van der Waals surface area contributed by atoms with Gasteiger partial charge in [0.05, 0.1) is 6.54 Å². The van der Waals surface area contributed by atoms with Crippen LogP contribution in [0.15, 0.2) is 0 Å². The molecule has 0 aliphatic heterocycles. The molecular weight excluding hydrogens is 224 g/mol. The molecule has 1 atom stereocenters. The molecular formula is C15H26N2O. The van der Waals surface area contributed by atoms with Crippen LogP contribution in [0.5, 0.6) is 0 Å². The summed E-state index contributed by atoms with van der Waals surface area (Å²) < 4.78 is 0. The second-order valence-corrected chi connectivity index (χ2v) is 5.31. The van der Waals surface area contributed by atoms with E-state index in [0.29, 0.717) is 31.3 Å². The molecule has 18 heavy (non-hydrogen) atoms. The van der Waals surface area contributed by atoms with E-state index in [0.717, 1.165) is 25.8 Å². The highest BCUT2D eigenvalue weighted by Crippen LogP contribution is 2.30. The number of rotatable bonds is 9. The molecule has 102 valence electrons. The summed E-state index contributed by atoms with van der Waals surface area (Å²) in [6.07, 6.45) is 11.5. The number of hydrogen-bond acceptors (Lipinski definition) is 2. The quantitative estimate of drug-likeness (QED) is 0.636. The summed E-state index contributed by atoms with van der Waals surface area (Å²) in [5.74, 6) is 4.09. The average Bonchev–Trinajstić information content (AvgIpc) is 3.17. The summed E-state index contributed by atoms with van der Waals surface area (Å²) in [6, 6.07) is 0. The number of carbonyl (C=O) groups excluding carboxylic acids is 1. The van der Waals surface area contributed by atoms with Crippen LogP contribution in [0.25, 0.3) is 0 Å². The normalized spacial score (nSPS) is 16.1. The number of terminal acetylenes is 1. The van der Waals surface area contributed by atoms with Gasteiger partial charge in [0.2, 0.25) is 5.91 Å². The standard InChI is InChI=1S/C15H26N2O/c1-3-11-17(12-14-5-6-14)15(18)8-7-13(4-2)9-10-16/h1,13-14H,4-12,16H2,2H3. The monoisotopic (exact) mass is 250 g/mol. The molecule has 2 N–H and O–H groups in total. The highest BCUT2D eigenvalue weighted by molar-refractivity contribution is 5.76. The Labute approximate surface area is 111 Å². The fourth-order valence-corrected chi connectivity index (χ4v) is 2.25. The lowest BCUT2D eigenvalue weighted by Crippen LogP contribution is -2.33. The van der Waals surface area contributed by atoms with Crippen LogP contribution in [0.3, 0.4) is 0 Å². The van der Waals surface area contributed by atoms with E-state index in [-0.39, 0.29) is 5.91 Å². The van der Waals surface area contributed by atoms with Crippen LogP contribution < -0.4 is 5.73 Å². The number of nitrogens with two attached hydrogens (primary N) is 1. The van der Waals surface area contributed by atoms with E-state index in [4.69, 9.17) is 12.2 Å². The van der Waals surface area contributed by atoms with E-state index < -0.39 is 0 Å². The zero-order chi connectivity index (χ0) is 13.4. The Morgan fingerprint density at radius 1 is 1.50 bits per heavy atom. The molecule has 0 heterocycles. The van der Waals surface area contributed by atoms with E-state index in [1.54, 1.807) is 0 Å². The van der Waals surface area contributed by atoms with Gasteiger partial charge in [0.25, 0.3) is 0 Å². The third-order valence-corrected chi connectivity index (χ3v) is 3.73. The minimum Gasteiger partial charge on any atom is -0.331 e. The molecule has 3 heteroatoms. The lowest BCUT2D eigenvalue weighted by molar-refractivity contribution is -0.131. The van der Waals surface area contributed by atoms with Crippen molar-refractivity contribution in [1.29, 1.82) is 0 Å². The average molecular weight is 250 g/mol. The fraction of sp³-hybridized carbons (Fsp3) is 0.800. The van der Waals surface area contributed by atoms with Gasteiger partial charge in [-0.25, -0.2) is 0 Å². The molecule has 0 radical (unpaired) electrons. The van der Waals surface area contributed by atoms with E-state index in [9.17, 15) is 4.79 Å². The molecule has 1 aliphatic rings. The maximum atomic E-state index is 12.1. The third kappa shape index (κ3) is 5.55. The minimum absolute atomic E-state index is 0.218. The summed E-state index contributed by atoms with van der Waals surface area (Å²) >= 11 is 0. The van der Waals surface area contributed by atoms with Crippen molar-refractivity contribution < 1.29 is 4.79 Å². The number of hydrogen-bond donors (Lipinski definition) is 1. The predicted octanol–water partition coefficient (Wildman–Crippen LogP) is 2.01.